The fourth-order valence-electron chi connectivity index (χ4n) is 3.05. The third kappa shape index (κ3) is 2.80. The lowest BCUT2D eigenvalue weighted by Gasteiger charge is -2.30. The Morgan fingerprint density at radius 3 is 2.65 bits per heavy atom. The number of rotatable bonds is 3. The predicted molar refractivity (Wildman–Crippen MR) is 64.6 cm³/mol. The Bertz CT molecular complexity index is 286. The summed E-state index contributed by atoms with van der Waals surface area (Å²) in [5.41, 5.74) is -0.646. The molecule has 0 radical (unpaired) electrons. The summed E-state index contributed by atoms with van der Waals surface area (Å²) in [5.74, 6) is 0.0975. The molecule has 1 aliphatic carbocycles. The highest BCUT2D eigenvalue weighted by Crippen LogP contribution is 2.31. The molecule has 4 nitrogen and oxygen atoms in total. The van der Waals surface area contributed by atoms with E-state index in [1.165, 1.54) is 0 Å². The third-order valence-corrected chi connectivity index (χ3v) is 4.14. The SMILES string of the molecule is CC1OCCC1C(=O)N(C)CC1(O)CCCC1. The van der Waals surface area contributed by atoms with Gasteiger partial charge in [0.05, 0.1) is 17.6 Å². The van der Waals surface area contributed by atoms with Gasteiger partial charge < -0.3 is 14.7 Å². The molecule has 0 aromatic rings. The second-order valence-corrected chi connectivity index (χ2v) is 5.60. The van der Waals surface area contributed by atoms with Crippen LogP contribution in [0.25, 0.3) is 0 Å². The maximum absolute atomic E-state index is 12.2. The van der Waals surface area contributed by atoms with Crippen molar-refractivity contribution in [3.05, 3.63) is 0 Å². The van der Waals surface area contributed by atoms with E-state index >= 15 is 0 Å². The molecule has 1 heterocycles. The number of amides is 1. The van der Waals surface area contributed by atoms with Gasteiger partial charge in [-0.2, -0.15) is 0 Å². The van der Waals surface area contributed by atoms with Crippen LogP contribution in [0.4, 0.5) is 0 Å². The molecule has 0 aromatic heterocycles. The molecule has 98 valence electrons. The van der Waals surface area contributed by atoms with Crippen LogP contribution in [0.1, 0.15) is 39.0 Å². The average molecular weight is 241 g/mol. The van der Waals surface area contributed by atoms with Crippen molar-refractivity contribution in [1.82, 2.24) is 4.90 Å². The van der Waals surface area contributed by atoms with Crippen LogP contribution < -0.4 is 0 Å². The van der Waals surface area contributed by atoms with E-state index in [0.29, 0.717) is 13.2 Å². The summed E-state index contributed by atoms with van der Waals surface area (Å²) in [7, 11) is 1.80. The highest BCUT2D eigenvalue weighted by Gasteiger charge is 2.37. The van der Waals surface area contributed by atoms with Gasteiger partial charge in [0.2, 0.25) is 5.91 Å². The molecule has 2 fully saturated rings. The van der Waals surface area contributed by atoms with Crippen molar-refractivity contribution >= 4 is 5.91 Å². The summed E-state index contributed by atoms with van der Waals surface area (Å²) in [6.07, 6.45) is 4.61. The average Bonchev–Trinajstić information content (AvgIpc) is 2.86. The zero-order valence-corrected chi connectivity index (χ0v) is 10.8. The predicted octanol–water partition coefficient (Wildman–Crippen LogP) is 1.17. The molecule has 1 N–H and O–H groups in total. The molecule has 1 saturated carbocycles. The van der Waals surface area contributed by atoms with Crippen molar-refractivity contribution in [2.24, 2.45) is 5.92 Å². The van der Waals surface area contributed by atoms with Gasteiger partial charge in [0.1, 0.15) is 0 Å². The number of hydrogen-bond acceptors (Lipinski definition) is 3. The fourth-order valence-corrected chi connectivity index (χ4v) is 3.05. The van der Waals surface area contributed by atoms with Crippen LogP contribution >= 0.6 is 0 Å². The Morgan fingerprint density at radius 2 is 2.12 bits per heavy atom. The monoisotopic (exact) mass is 241 g/mol. The van der Waals surface area contributed by atoms with Crippen LogP contribution in [0.3, 0.4) is 0 Å². The number of carbonyl (C=O) groups excluding carboxylic acids is 1. The summed E-state index contributed by atoms with van der Waals surface area (Å²) in [5, 5.41) is 10.3. The summed E-state index contributed by atoms with van der Waals surface area (Å²) in [6, 6.07) is 0. The van der Waals surface area contributed by atoms with E-state index < -0.39 is 5.60 Å². The van der Waals surface area contributed by atoms with Crippen LogP contribution in [0, 0.1) is 5.92 Å². The van der Waals surface area contributed by atoms with Gasteiger partial charge >= 0.3 is 0 Å². The Labute approximate surface area is 103 Å². The molecule has 0 aromatic carbocycles. The van der Waals surface area contributed by atoms with Crippen LogP contribution in [0.5, 0.6) is 0 Å². The van der Waals surface area contributed by atoms with E-state index in [-0.39, 0.29) is 17.9 Å². The quantitative estimate of drug-likeness (QED) is 0.807. The molecule has 2 rings (SSSR count). The van der Waals surface area contributed by atoms with E-state index in [4.69, 9.17) is 4.74 Å². The van der Waals surface area contributed by atoms with Gasteiger partial charge in [0.25, 0.3) is 0 Å². The topological polar surface area (TPSA) is 49.8 Å². The first-order chi connectivity index (χ1) is 8.02. The molecule has 2 aliphatic rings. The molecule has 2 unspecified atom stereocenters. The Hall–Kier alpha value is -0.610. The number of ether oxygens (including phenoxy) is 1. The van der Waals surface area contributed by atoms with Crippen molar-refractivity contribution in [2.45, 2.75) is 50.7 Å². The second-order valence-electron chi connectivity index (χ2n) is 5.60. The van der Waals surface area contributed by atoms with Crippen molar-refractivity contribution in [2.75, 3.05) is 20.2 Å². The molecular formula is C13H23NO3. The van der Waals surface area contributed by atoms with E-state index in [1.54, 1.807) is 11.9 Å². The molecule has 0 bridgehead atoms. The maximum Gasteiger partial charge on any atom is 0.228 e. The number of carbonyl (C=O) groups is 1. The van der Waals surface area contributed by atoms with Crippen molar-refractivity contribution in [3.63, 3.8) is 0 Å². The van der Waals surface area contributed by atoms with Gasteiger partial charge in [0.15, 0.2) is 0 Å². The zero-order chi connectivity index (χ0) is 12.5. The largest absolute Gasteiger partial charge is 0.388 e. The van der Waals surface area contributed by atoms with Gasteiger partial charge in [-0.1, -0.05) is 12.8 Å². The Morgan fingerprint density at radius 1 is 1.47 bits per heavy atom. The maximum atomic E-state index is 12.2. The standard InChI is InChI=1S/C13H23NO3/c1-10-11(5-8-17-10)12(15)14(2)9-13(16)6-3-4-7-13/h10-11,16H,3-9H2,1-2H3. The fraction of sp³-hybridized carbons (Fsp3) is 0.923. The van der Waals surface area contributed by atoms with Crippen molar-refractivity contribution in [3.8, 4) is 0 Å². The van der Waals surface area contributed by atoms with Crippen molar-refractivity contribution < 1.29 is 14.6 Å². The van der Waals surface area contributed by atoms with E-state index in [9.17, 15) is 9.90 Å². The lowest BCUT2D eigenvalue weighted by atomic mass is 9.98. The van der Waals surface area contributed by atoms with E-state index in [0.717, 1.165) is 32.1 Å². The zero-order valence-electron chi connectivity index (χ0n) is 10.8. The van der Waals surface area contributed by atoms with Crippen molar-refractivity contribution in [1.29, 1.82) is 0 Å². The van der Waals surface area contributed by atoms with Gasteiger partial charge in [-0.25, -0.2) is 0 Å². The molecule has 1 amide bonds. The third-order valence-electron chi connectivity index (χ3n) is 4.14. The first kappa shape index (κ1) is 12.8. The lowest BCUT2D eigenvalue weighted by Crippen LogP contribution is -2.45. The molecule has 0 spiro atoms. The second kappa shape index (κ2) is 4.94. The number of nitrogens with zero attached hydrogens (tertiary/aromatic N) is 1. The summed E-state index contributed by atoms with van der Waals surface area (Å²) in [6.45, 7) is 3.10. The molecular weight excluding hydrogens is 218 g/mol. The van der Waals surface area contributed by atoms with Crippen LogP contribution in [0.2, 0.25) is 0 Å². The van der Waals surface area contributed by atoms with Gasteiger partial charge in [-0.05, 0) is 26.2 Å². The van der Waals surface area contributed by atoms with Gasteiger partial charge in [0, 0.05) is 20.2 Å². The molecule has 1 aliphatic heterocycles. The minimum atomic E-state index is -0.646. The normalized spacial score (nSPS) is 31.7. The minimum Gasteiger partial charge on any atom is -0.388 e. The number of hydrogen-bond donors (Lipinski definition) is 1. The van der Waals surface area contributed by atoms with Crippen LogP contribution in [0.15, 0.2) is 0 Å². The van der Waals surface area contributed by atoms with Crippen LogP contribution in [-0.4, -0.2) is 47.8 Å². The Balaban J connectivity index is 1.90. The van der Waals surface area contributed by atoms with E-state index in [1.807, 2.05) is 6.92 Å². The first-order valence-electron chi connectivity index (χ1n) is 6.61. The summed E-state index contributed by atoms with van der Waals surface area (Å²) in [4.78, 5) is 13.9. The minimum absolute atomic E-state index is 0.0168. The van der Waals surface area contributed by atoms with E-state index in [2.05, 4.69) is 0 Å². The molecule has 2 atom stereocenters. The highest BCUT2D eigenvalue weighted by molar-refractivity contribution is 5.79. The number of aliphatic hydroxyl groups is 1. The highest BCUT2D eigenvalue weighted by atomic mass is 16.5. The molecule has 17 heavy (non-hydrogen) atoms. The summed E-state index contributed by atoms with van der Waals surface area (Å²) >= 11 is 0. The van der Waals surface area contributed by atoms with Gasteiger partial charge in [-0.3, -0.25) is 4.79 Å². The summed E-state index contributed by atoms with van der Waals surface area (Å²) < 4.78 is 5.42. The first-order valence-corrected chi connectivity index (χ1v) is 6.61. The lowest BCUT2D eigenvalue weighted by molar-refractivity contribution is -0.138. The molecule has 1 saturated heterocycles. The smallest absolute Gasteiger partial charge is 0.228 e. The Kier molecular flexibility index (Phi) is 3.73. The number of likely N-dealkylation sites (N-methyl/N-ethyl adjacent to an activating group) is 1. The molecule has 4 heteroatoms. The van der Waals surface area contributed by atoms with Gasteiger partial charge in [-0.15, -0.1) is 0 Å². The van der Waals surface area contributed by atoms with Crippen LogP contribution in [-0.2, 0) is 9.53 Å².